The first kappa shape index (κ1) is 21.5. The molecule has 0 aliphatic rings. The Morgan fingerprint density at radius 2 is 1.59 bits per heavy atom. The molecule has 0 fully saturated rings. The summed E-state index contributed by atoms with van der Waals surface area (Å²) in [6.45, 7) is -0.680. The number of ether oxygens (including phenoxy) is 1. The van der Waals surface area contributed by atoms with Crippen LogP contribution in [0.3, 0.4) is 0 Å². The van der Waals surface area contributed by atoms with Crippen LogP contribution < -0.4 is 10.1 Å². The number of carbonyl (C=O) groups excluding carboxylic acids is 1. The Balaban J connectivity index is 1.42. The van der Waals surface area contributed by atoms with Crippen LogP contribution in [-0.2, 0) is 6.61 Å². The highest BCUT2D eigenvalue weighted by Gasteiger charge is 2.27. The van der Waals surface area contributed by atoms with Crippen LogP contribution in [0.1, 0.15) is 16.3 Å². The van der Waals surface area contributed by atoms with Crippen molar-refractivity contribution < 1.29 is 35.9 Å². The molecule has 11 heteroatoms. The Morgan fingerprint density at radius 1 is 0.938 bits per heavy atom. The van der Waals surface area contributed by atoms with Gasteiger partial charge in [0, 0.05) is 10.9 Å². The molecule has 0 saturated carbocycles. The maximum absolute atomic E-state index is 13.7. The van der Waals surface area contributed by atoms with E-state index in [1.54, 1.807) is 5.38 Å². The first-order chi connectivity index (χ1) is 15.3. The maximum atomic E-state index is 13.7. The molecule has 0 bridgehead atoms. The summed E-state index contributed by atoms with van der Waals surface area (Å²) in [5.41, 5.74) is 1.54. The number of thiazole rings is 1. The number of carbonyl (C=O) groups is 1. The van der Waals surface area contributed by atoms with Crippen LogP contribution in [0, 0.1) is 29.1 Å². The quantitative estimate of drug-likeness (QED) is 0.217. The molecule has 4 aromatic rings. The molecule has 2 aromatic heterocycles. The van der Waals surface area contributed by atoms with E-state index in [0.717, 1.165) is 5.56 Å². The standard InChI is InChI=1S/C21H11F5N2O3S/c22-14-15(23)17(25)19(18(26)16(14)24)30-8-11-6-7-13(31-11)20(29)28-21-27-12(9-32-21)10-4-2-1-3-5-10/h1-7,9H,8H2,(H,27,28,29). The third kappa shape index (κ3) is 4.19. The predicted octanol–water partition coefficient (Wildman–Crippen LogP) is 5.93. The summed E-state index contributed by atoms with van der Waals surface area (Å²) < 4.78 is 76.8. The summed E-state index contributed by atoms with van der Waals surface area (Å²) in [6, 6.07) is 11.8. The minimum atomic E-state index is -2.29. The number of amides is 1. The fourth-order valence-corrected chi connectivity index (χ4v) is 3.38. The van der Waals surface area contributed by atoms with E-state index in [1.807, 2.05) is 30.3 Å². The molecule has 32 heavy (non-hydrogen) atoms. The normalized spacial score (nSPS) is 10.9. The minimum absolute atomic E-state index is 0.0804. The molecule has 0 aliphatic heterocycles. The van der Waals surface area contributed by atoms with Gasteiger partial charge in [0.2, 0.25) is 29.1 Å². The molecule has 2 aromatic carbocycles. The zero-order chi connectivity index (χ0) is 22.8. The second-order valence-electron chi connectivity index (χ2n) is 6.31. The van der Waals surface area contributed by atoms with Crippen LogP contribution >= 0.6 is 11.3 Å². The van der Waals surface area contributed by atoms with Gasteiger partial charge < -0.3 is 9.15 Å². The van der Waals surface area contributed by atoms with Gasteiger partial charge in [0.05, 0.1) is 5.69 Å². The first-order valence-corrected chi connectivity index (χ1v) is 9.78. The van der Waals surface area contributed by atoms with Crippen molar-refractivity contribution in [3.05, 3.63) is 88.5 Å². The summed E-state index contributed by atoms with van der Waals surface area (Å²) in [4.78, 5) is 16.6. The summed E-state index contributed by atoms with van der Waals surface area (Å²) >= 11 is 1.19. The monoisotopic (exact) mass is 466 g/mol. The topological polar surface area (TPSA) is 64.4 Å². The van der Waals surface area contributed by atoms with E-state index in [9.17, 15) is 26.7 Å². The van der Waals surface area contributed by atoms with Crippen molar-refractivity contribution in [2.45, 2.75) is 6.61 Å². The van der Waals surface area contributed by atoms with Crippen LogP contribution in [0.25, 0.3) is 11.3 Å². The molecule has 0 atom stereocenters. The second-order valence-corrected chi connectivity index (χ2v) is 7.17. The van der Waals surface area contributed by atoms with Crippen molar-refractivity contribution in [3.8, 4) is 17.0 Å². The molecule has 1 N–H and O–H groups in total. The van der Waals surface area contributed by atoms with Gasteiger partial charge in [-0.25, -0.2) is 18.2 Å². The molecule has 5 nitrogen and oxygen atoms in total. The lowest BCUT2D eigenvalue weighted by Crippen LogP contribution is -2.10. The summed E-state index contributed by atoms with van der Waals surface area (Å²) in [5.74, 6) is -13.1. The number of furan rings is 1. The number of nitrogens with zero attached hydrogens (tertiary/aromatic N) is 1. The SMILES string of the molecule is O=C(Nc1nc(-c2ccccc2)cs1)c1ccc(COc2c(F)c(F)c(F)c(F)c2F)o1. The van der Waals surface area contributed by atoms with Gasteiger partial charge in [0.1, 0.15) is 12.4 Å². The van der Waals surface area contributed by atoms with Crippen LogP contribution in [0.15, 0.2) is 52.3 Å². The highest BCUT2D eigenvalue weighted by atomic mass is 32.1. The van der Waals surface area contributed by atoms with Crippen LogP contribution in [0.5, 0.6) is 5.75 Å². The minimum Gasteiger partial charge on any atom is -0.479 e. The number of hydrogen-bond acceptors (Lipinski definition) is 5. The average Bonchev–Trinajstić information content (AvgIpc) is 3.47. The molecule has 0 spiro atoms. The molecule has 2 heterocycles. The molecule has 0 radical (unpaired) electrons. The fraction of sp³-hybridized carbons (Fsp3) is 0.0476. The Bertz CT molecular complexity index is 1260. The van der Waals surface area contributed by atoms with Gasteiger partial charge in [-0.2, -0.15) is 8.78 Å². The van der Waals surface area contributed by atoms with Crippen molar-refractivity contribution in [1.82, 2.24) is 4.98 Å². The Hall–Kier alpha value is -3.73. The largest absolute Gasteiger partial charge is 0.479 e. The van der Waals surface area contributed by atoms with Crippen LogP contribution in [0.4, 0.5) is 27.1 Å². The zero-order valence-corrected chi connectivity index (χ0v) is 16.6. The fourth-order valence-electron chi connectivity index (χ4n) is 2.66. The third-order valence-corrected chi connectivity index (χ3v) is 4.97. The predicted molar refractivity (Wildman–Crippen MR) is 105 cm³/mol. The van der Waals surface area contributed by atoms with Gasteiger partial charge in [-0.05, 0) is 12.1 Å². The molecule has 164 valence electrons. The first-order valence-electron chi connectivity index (χ1n) is 8.90. The van der Waals surface area contributed by atoms with E-state index in [2.05, 4.69) is 10.3 Å². The average molecular weight is 466 g/mol. The number of rotatable bonds is 6. The van der Waals surface area contributed by atoms with E-state index in [4.69, 9.17) is 9.15 Å². The summed E-state index contributed by atoms with van der Waals surface area (Å²) in [5, 5.41) is 4.62. The highest BCUT2D eigenvalue weighted by Crippen LogP contribution is 2.30. The van der Waals surface area contributed by atoms with Crippen LogP contribution in [-0.4, -0.2) is 10.9 Å². The summed E-state index contributed by atoms with van der Waals surface area (Å²) in [6.07, 6.45) is 0. The van der Waals surface area contributed by atoms with E-state index in [-0.39, 0.29) is 11.5 Å². The molecular formula is C21H11F5N2O3S. The Labute approximate surface area is 181 Å². The van der Waals surface area contributed by atoms with Gasteiger partial charge in [-0.15, -0.1) is 11.3 Å². The highest BCUT2D eigenvalue weighted by molar-refractivity contribution is 7.14. The van der Waals surface area contributed by atoms with Gasteiger partial charge >= 0.3 is 0 Å². The van der Waals surface area contributed by atoms with Crippen molar-refractivity contribution >= 4 is 22.4 Å². The number of anilines is 1. The number of nitrogens with one attached hydrogen (secondary N) is 1. The molecule has 1 amide bonds. The lowest BCUT2D eigenvalue weighted by atomic mass is 10.2. The number of benzene rings is 2. The number of aromatic nitrogens is 1. The van der Waals surface area contributed by atoms with Gasteiger partial charge in [-0.3, -0.25) is 10.1 Å². The lowest BCUT2D eigenvalue weighted by Gasteiger charge is -2.09. The number of hydrogen-bond donors (Lipinski definition) is 1. The Kier molecular flexibility index (Phi) is 5.91. The zero-order valence-electron chi connectivity index (χ0n) is 15.8. The van der Waals surface area contributed by atoms with Gasteiger partial charge in [-0.1, -0.05) is 30.3 Å². The van der Waals surface area contributed by atoms with E-state index in [1.165, 1.54) is 23.5 Å². The molecule has 0 aliphatic carbocycles. The molecule has 0 unspecified atom stereocenters. The third-order valence-electron chi connectivity index (χ3n) is 4.21. The van der Waals surface area contributed by atoms with Crippen LogP contribution in [0.2, 0.25) is 0 Å². The van der Waals surface area contributed by atoms with E-state index < -0.39 is 47.3 Å². The van der Waals surface area contributed by atoms with Gasteiger partial charge in [0.25, 0.3) is 5.91 Å². The number of halogens is 5. The van der Waals surface area contributed by atoms with Crippen molar-refractivity contribution in [3.63, 3.8) is 0 Å². The van der Waals surface area contributed by atoms with E-state index >= 15 is 0 Å². The van der Waals surface area contributed by atoms with E-state index in [0.29, 0.717) is 10.8 Å². The molecule has 4 rings (SSSR count). The van der Waals surface area contributed by atoms with Crippen molar-refractivity contribution in [1.29, 1.82) is 0 Å². The molecular weight excluding hydrogens is 455 g/mol. The molecule has 0 saturated heterocycles. The summed E-state index contributed by atoms with van der Waals surface area (Å²) in [7, 11) is 0. The van der Waals surface area contributed by atoms with Crippen molar-refractivity contribution in [2.75, 3.05) is 5.32 Å². The maximum Gasteiger partial charge on any atom is 0.293 e. The smallest absolute Gasteiger partial charge is 0.293 e. The van der Waals surface area contributed by atoms with Gasteiger partial charge in [0.15, 0.2) is 16.6 Å². The Morgan fingerprint density at radius 3 is 2.28 bits per heavy atom. The van der Waals surface area contributed by atoms with Crippen molar-refractivity contribution in [2.24, 2.45) is 0 Å². The lowest BCUT2D eigenvalue weighted by molar-refractivity contribution is 0.0992. The second kappa shape index (κ2) is 8.79.